The maximum Gasteiger partial charge on any atom is 0.307 e. The lowest BCUT2D eigenvalue weighted by molar-refractivity contribution is -0.136. The first-order chi connectivity index (χ1) is 15.6. The van der Waals surface area contributed by atoms with Gasteiger partial charge in [-0.3, -0.25) is 4.79 Å². The molecule has 1 aromatic heterocycles. The summed E-state index contributed by atoms with van der Waals surface area (Å²) in [7, 11) is 0. The van der Waals surface area contributed by atoms with Crippen LogP contribution in [0.25, 0.3) is 32.9 Å². The summed E-state index contributed by atoms with van der Waals surface area (Å²) in [6, 6.07) is 23.0. The van der Waals surface area contributed by atoms with Crippen LogP contribution >= 0.6 is 0 Å². The van der Waals surface area contributed by atoms with E-state index in [9.17, 15) is 9.90 Å². The van der Waals surface area contributed by atoms with Crippen LogP contribution in [0.1, 0.15) is 39.3 Å². The van der Waals surface area contributed by atoms with E-state index in [0.29, 0.717) is 0 Å². The molecule has 164 valence electrons. The average Bonchev–Trinajstić information content (AvgIpc) is 3.20. The first kappa shape index (κ1) is 23.1. The van der Waals surface area contributed by atoms with Gasteiger partial charge in [-0.05, 0) is 53.9 Å². The van der Waals surface area contributed by atoms with E-state index in [2.05, 4.69) is 72.2 Å². The third-order valence-corrected chi connectivity index (χ3v) is 5.43. The van der Waals surface area contributed by atoms with E-state index in [0.717, 1.165) is 16.8 Å². The number of rotatable bonds is 6. The zero-order valence-corrected chi connectivity index (χ0v) is 19.2. The second kappa shape index (κ2) is 10.6. The van der Waals surface area contributed by atoms with Crippen molar-refractivity contribution in [2.24, 2.45) is 0 Å². The standard InChI is InChI=1S/C27H25NO2.C2H6/c1-3-4-5-9-19(2)28-25-15-14-21-11-6-7-13-23(21)24(25)18-26(28)22-12-8-10-20(16-22)17-27(29)30;1-2/h3-16,18-19H,17H2,1-2H3,(H,29,30);1-2H3/b4-3-,9-5-;. The summed E-state index contributed by atoms with van der Waals surface area (Å²) in [6.45, 7) is 8.19. The summed E-state index contributed by atoms with van der Waals surface area (Å²) in [4.78, 5) is 11.2. The molecule has 0 spiro atoms. The Kier molecular flexibility index (Phi) is 7.67. The normalized spacial score (nSPS) is 12.4. The lowest BCUT2D eigenvalue weighted by Gasteiger charge is -2.17. The molecule has 32 heavy (non-hydrogen) atoms. The van der Waals surface area contributed by atoms with E-state index < -0.39 is 5.97 Å². The second-order valence-corrected chi connectivity index (χ2v) is 7.54. The molecule has 3 nitrogen and oxygen atoms in total. The highest BCUT2D eigenvalue weighted by Crippen LogP contribution is 2.36. The van der Waals surface area contributed by atoms with E-state index in [1.54, 1.807) is 0 Å². The number of fused-ring (bicyclic) bond motifs is 3. The predicted molar refractivity (Wildman–Crippen MR) is 136 cm³/mol. The summed E-state index contributed by atoms with van der Waals surface area (Å²) in [5.74, 6) is -0.818. The van der Waals surface area contributed by atoms with Gasteiger partial charge in [-0.25, -0.2) is 0 Å². The zero-order chi connectivity index (χ0) is 23.1. The fourth-order valence-electron chi connectivity index (χ4n) is 4.08. The molecule has 4 rings (SSSR count). The van der Waals surface area contributed by atoms with Gasteiger partial charge in [0.15, 0.2) is 0 Å². The van der Waals surface area contributed by atoms with E-state index in [-0.39, 0.29) is 12.5 Å². The van der Waals surface area contributed by atoms with Gasteiger partial charge >= 0.3 is 5.97 Å². The van der Waals surface area contributed by atoms with Crippen molar-refractivity contribution in [2.75, 3.05) is 0 Å². The van der Waals surface area contributed by atoms with Gasteiger partial charge in [0.05, 0.1) is 6.42 Å². The molecule has 3 heteroatoms. The number of carbonyl (C=O) groups is 1. The van der Waals surface area contributed by atoms with E-state index in [1.807, 2.05) is 51.1 Å². The molecule has 0 aliphatic heterocycles. The van der Waals surface area contributed by atoms with E-state index >= 15 is 0 Å². The average molecular weight is 426 g/mol. The van der Waals surface area contributed by atoms with Gasteiger partial charge in [-0.15, -0.1) is 0 Å². The molecule has 1 unspecified atom stereocenters. The van der Waals surface area contributed by atoms with Crippen molar-refractivity contribution < 1.29 is 9.90 Å². The quantitative estimate of drug-likeness (QED) is 0.320. The first-order valence-corrected chi connectivity index (χ1v) is 11.2. The Hall–Kier alpha value is -3.59. The highest BCUT2D eigenvalue weighted by atomic mass is 16.4. The Balaban J connectivity index is 0.00000141. The SMILES string of the molecule is C/C=C\C=C/C(C)n1c(-c2cccc(CC(=O)O)c2)cc2c3ccccc3ccc21.CC. The number of hydrogen-bond acceptors (Lipinski definition) is 1. The molecular weight excluding hydrogens is 394 g/mol. The Labute approximate surface area is 190 Å². The molecule has 1 atom stereocenters. The molecule has 0 aliphatic carbocycles. The lowest BCUT2D eigenvalue weighted by atomic mass is 10.0. The molecular formula is C29H31NO2. The van der Waals surface area contributed by atoms with Crippen molar-refractivity contribution >= 4 is 27.6 Å². The zero-order valence-electron chi connectivity index (χ0n) is 19.2. The molecule has 1 heterocycles. The Morgan fingerprint density at radius 1 is 0.969 bits per heavy atom. The van der Waals surface area contributed by atoms with Gasteiger partial charge in [0.2, 0.25) is 0 Å². The highest BCUT2D eigenvalue weighted by Gasteiger charge is 2.16. The fourth-order valence-corrected chi connectivity index (χ4v) is 4.08. The van der Waals surface area contributed by atoms with Crippen LogP contribution < -0.4 is 0 Å². The van der Waals surface area contributed by atoms with Crippen LogP contribution in [-0.4, -0.2) is 15.6 Å². The Morgan fingerprint density at radius 2 is 1.75 bits per heavy atom. The number of aromatic nitrogens is 1. The maximum absolute atomic E-state index is 11.2. The summed E-state index contributed by atoms with van der Waals surface area (Å²) in [5, 5.41) is 12.8. The van der Waals surface area contributed by atoms with Crippen molar-refractivity contribution in [3.05, 3.63) is 96.6 Å². The fraction of sp³-hybridized carbons (Fsp3) is 0.207. The molecule has 0 saturated carbocycles. The van der Waals surface area contributed by atoms with Gasteiger partial charge < -0.3 is 9.67 Å². The molecule has 3 aromatic carbocycles. The van der Waals surface area contributed by atoms with Crippen LogP contribution in [0.3, 0.4) is 0 Å². The third-order valence-electron chi connectivity index (χ3n) is 5.43. The van der Waals surface area contributed by atoms with Crippen molar-refractivity contribution in [3.8, 4) is 11.3 Å². The van der Waals surface area contributed by atoms with Crippen LogP contribution in [0.5, 0.6) is 0 Å². The number of hydrogen-bond donors (Lipinski definition) is 1. The van der Waals surface area contributed by atoms with Crippen LogP contribution in [0, 0.1) is 0 Å². The Morgan fingerprint density at radius 3 is 2.50 bits per heavy atom. The number of benzene rings is 3. The van der Waals surface area contributed by atoms with Crippen LogP contribution in [0.4, 0.5) is 0 Å². The third kappa shape index (κ3) is 4.83. The van der Waals surface area contributed by atoms with Crippen LogP contribution in [-0.2, 0) is 11.2 Å². The first-order valence-electron chi connectivity index (χ1n) is 11.2. The second-order valence-electron chi connectivity index (χ2n) is 7.54. The van der Waals surface area contributed by atoms with Gasteiger partial charge in [-0.2, -0.15) is 0 Å². The lowest BCUT2D eigenvalue weighted by Crippen LogP contribution is -2.05. The number of aliphatic carboxylic acids is 1. The van der Waals surface area contributed by atoms with Gasteiger partial charge in [0.25, 0.3) is 0 Å². The van der Waals surface area contributed by atoms with Crippen LogP contribution in [0.2, 0.25) is 0 Å². The Bertz CT molecular complexity index is 1280. The van der Waals surface area contributed by atoms with Crippen molar-refractivity contribution in [3.63, 3.8) is 0 Å². The summed E-state index contributed by atoms with van der Waals surface area (Å²) in [5.41, 5.74) is 4.09. The number of allylic oxidation sites excluding steroid dienone is 4. The topological polar surface area (TPSA) is 42.2 Å². The van der Waals surface area contributed by atoms with Crippen molar-refractivity contribution in [1.82, 2.24) is 4.57 Å². The number of carboxylic acids is 1. The van der Waals surface area contributed by atoms with Gasteiger partial charge in [0.1, 0.15) is 0 Å². The summed E-state index contributed by atoms with van der Waals surface area (Å²) >= 11 is 0. The molecule has 1 N–H and O–H groups in total. The minimum absolute atomic E-state index is 0.0216. The molecule has 0 fully saturated rings. The number of nitrogens with zero attached hydrogens (tertiary/aromatic N) is 1. The van der Waals surface area contributed by atoms with Gasteiger partial charge in [0, 0.05) is 22.6 Å². The molecule has 0 saturated heterocycles. The monoisotopic (exact) mass is 425 g/mol. The van der Waals surface area contributed by atoms with Crippen molar-refractivity contribution in [1.29, 1.82) is 0 Å². The van der Waals surface area contributed by atoms with E-state index in [1.165, 1.54) is 21.7 Å². The van der Waals surface area contributed by atoms with Crippen molar-refractivity contribution in [2.45, 2.75) is 40.2 Å². The largest absolute Gasteiger partial charge is 0.481 e. The van der Waals surface area contributed by atoms with Crippen LogP contribution in [0.15, 0.2) is 91.0 Å². The van der Waals surface area contributed by atoms with Gasteiger partial charge in [-0.1, -0.05) is 86.7 Å². The summed E-state index contributed by atoms with van der Waals surface area (Å²) in [6.07, 6.45) is 8.32. The molecule has 4 aromatic rings. The number of carboxylic acid groups (broad SMARTS) is 1. The maximum atomic E-state index is 11.2. The molecule has 0 radical (unpaired) electrons. The molecule has 0 bridgehead atoms. The smallest absolute Gasteiger partial charge is 0.307 e. The summed E-state index contributed by atoms with van der Waals surface area (Å²) < 4.78 is 2.33. The highest BCUT2D eigenvalue weighted by molar-refractivity contribution is 6.08. The minimum atomic E-state index is -0.818. The minimum Gasteiger partial charge on any atom is -0.481 e. The predicted octanol–water partition coefficient (Wildman–Crippen LogP) is 7.81. The van der Waals surface area contributed by atoms with E-state index in [4.69, 9.17) is 0 Å². The molecule has 0 aliphatic rings. The molecule has 0 amide bonds.